The number of aryl methyl sites for hydroxylation is 1. The summed E-state index contributed by atoms with van der Waals surface area (Å²) >= 11 is 1.30. The number of hydrogen-bond donors (Lipinski definition) is 1. The average molecular weight is 378 g/mol. The van der Waals surface area contributed by atoms with E-state index in [9.17, 15) is 14.4 Å². The monoisotopic (exact) mass is 378 g/mol. The second-order valence-corrected chi connectivity index (χ2v) is 7.19. The molecule has 0 unspecified atom stereocenters. The quantitative estimate of drug-likeness (QED) is 0.705. The highest BCUT2D eigenvalue weighted by Crippen LogP contribution is 2.28. The van der Waals surface area contributed by atoms with Crippen LogP contribution in [-0.2, 0) is 11.2 Å². The average Bonchev–Trinajstić information content (AvgIpc) is 3.17. The fraction of sp³-hybridized carbons (Fsp3) is 0.105. The van der Waals surface area contributed by atoms with Crippen molar-refractivity contribution in [3.8, 4) is 0 Å². The van der Waals surface area contributed by atoms with E-state index in [1.54, 1.807) is 48.5 Å². The Morgan fingerprint density at radius 2 is 1.63 bits per heavy atom. The first kappa shape index (κ1) is 17.0. The Kier molecular flexibility index (Phi) is 4.25. The van der Waals surface area contributed by atoms with E-state index in [4.69, 9.17) is 0 Å². The molecule has 0 saturated heterocycles. The largest absolute Gasteiger partial charge is 0.300 e. The first-order chi connectivity index (χ1) is 13.0. The summed E-state index contributed by atoms with van der Waals surface area (Å²) in [6.07, 6.45) is 0.154. The van der Waals surface area contributed by atoms with E-state index in [0.29, 0.717) is 21.9 Å². The third-order valence-corrected chi connectivity index (χ3v) is 4.88. The zero-order chi connectivity index (χ0) is 19.0. The zero-order valence-corrected chi connectivity index (χ0v) is 15.1. The van der Waals surface area contributed by atoms with Crippen molar-refractivity contribution in [2.24, 2.45) is 0 Å². The summed E-state index contributed by atoms with van der Waals surface area (Å²) in [5, 5.41) is 11.6. The number of amides is 3. The van der Waals surface area contributed by atoms with Crippen molar-refractivity contribution in [1.29, 1.82) is 0 Å². The molecule has 0 aliphatic carbocycles. The second-order valence-electron chi connectivity index (χ2n) is 6.01. The van der Waals surface area contributed by atoms with E-state index < -0.39 is 0 Å². The van der Waals surface area contributed by atoms with Crippen LogP contribution in [-0.4, -0.2) is 27.9 Å². The molecular weight excluding hydrogens is 364 g/mol. The molecule has 1 aliphatic rings. The van der Waals surface area contributed by atoms with Gasteiger partial charge in [-0.25, -0.2) is 4.90 Å². The fourth-order valence-electron chi connectivity index (χ4n) is 2.88. The highest BCUT2D eigenvalue weighted by molar-refractivity contribution is 7.15. The molecule has 27 heavy (non-hydrogen) atoms. The number of carbonyl (C=O) groups excluding carboxylic acids is 3. The van der Waals surface area contributed by atoms with Crippen molar-refractivity contribution in [2.75, 3.05) is 10.2 Å². The molecule has 1 N–H and O–H groups in total. The van der Waals surface area contributed by atoms with Crippen LogP contribution in [0.4, 0.5) is 10.8 Å². The Labute approximate surface area is 158 Å². The van der Waals surface area contributed by atoms with Gasteiger partial charge in [0, 0.05) is 0 Å². The van der Waals surface area contributed by atoms with Gasteiger partial charge in [0.2, 0.25) is 11.0 Å². The summed E-state index contributed by atoms with van der Waals surface area (Å²) in [6.45, 7) is 1.81. The first-order valence-corrected chi connectivity index (χ1v) is 9.01. The molecule has 3 amide bonds. The van der Waals surface area contributed by atoms with E-state index in [1.807, 2.05) is 6.92 Å². The Bertz CT molecular complexity index is 1020. The summed E-state index contributed by atoms with van der Waals surface area (Å²) in [5.74, 6) is -0.889. The third-order valence-electron chi connectivity index (χ3n) is 4.13. The number of carbonyl (C=O) groups is 3. The number of benzene rings is 2. The van der Waals surface area contributed by atoms with Crippen LogP contribution >= 0.6 is 11.3 Å². The Morgan fingerprint density at radius 1 is 1.00 bits per heavy atom. The summed E-state index contributed by atoms with van der Waals surface area (Å²) in [4.78, 5) is 38.3. The van der Waals surface area contributed by atoms with E-state index >= 15 is 0 Å². The highest BCUT2D eigenvalue weighted by Gasteiger charge is 2.36. The van der Waals surface area contributed by atoms with Crippen LogP contribution in [0.3, 0.4) is 0 Å². The van der Waals surface area contributed by atoms with Crippen LogP contribution in [0.15, 0.2) is 48.5 Å². The van der Waals surface area contributed by atoms with Gasteiger partial charge in [0.25, 0.3) is 11.8 Å². The van der Waals surface area contributed by atoms with Gasteiger partial charge < -0.3 is 5.32 Å². The van der Waals surface area contributed by atoms with E-state index in [2.05, 4.69) is 15.5 Å². The maximum Gasteiger partial charge on any atom is 0.266 e. The lowest BCUT2D eigenvalue weighted by Gasteiger charge is -2.14. The maximum absolute atomic E-state index is 12.5. The Morgan fingerprint density at radius 3 is 2.19 bits per heavy atom. The predicted octanol–water partition coefficient (Wildman–Crippen LogP) is 2.83. The molecule has 7 nitrogen and oxygen atoms in total. The van der Waals surface area contributed by atoms with E-state index in [1.165, 1.54) is 11.3 Å². The minimum Gasteiger partial charge on any atom is -0.300 e. The van der Waals surface area contributed by atoms with Crippen molar-refractivity contribution >= 4 is 39.9 Å². The van der Waals surface area contributed by atoms with Crippen molar-refractivity contribution in [2.45, 2.75) is 13.3 Å². The number of imide groups is 1. The molecule has 1 aromatic heterocycles. The van der Waals surface area contributed by atoms with Gasteiger partial charge in [0.05, 0.1) is 23.2 Å². The molecule has 8 heteroatoms. The van der Waals surface area contributed by atoms with Crippen LogP contribution in [0.2, 0.25) is 0 Å². The summed E-state index contributed by atoms with van der Waals surface area (Å²) in [6, 6.07) is 13.5. The van der Waals surface area contributed by atoms with Gasteiger partial charge in [-0.05, 0) is 36.8 Å². The number of nitrogens with zero attached hydrogens (tertiary/aromatic N) is 3. The molecule has 2 heterocycles. The van der Waals surface area contributed by atoms with Crippen LogP contribution in [0.5, 0.6) is 0 Å². The van der Waals surface area contributed by atoms with Gasteiger partial charge in [-0.15, -0.1) is 10.2 Å². The van der Waals surface area contributed by atoms with Crippen LogP contribution in [0.25, 0.3) is 0 Å². The molecule has 0 spiro atoms. The Balaban J connectivity index is 1.47. The van der Waals surface area contributed by atoms with E-state index in [-0.39, 0.29) is 24.1 Å². The number of nitrogens with one attached hydrogen (secondary N) is 1. The molecular formula is C19H14N4O3S. The van der Waals surface area contributed by atoms with Crippen LogP contribution in [0.1, 0.15) is 31.3 Å². The van der Waals surface area contributed by atoms with Crippen molar-refractivity contribution < 1.29 is 14.4 Å². The minimum atomic E-state index is -0.340. The summed E-state index contributed by atoms with van der Waals surface area (Å²) < 4.78 is 0. The van der Waals surface area contributed by atoms with Crippen molar-refractivity contribution in [1.82, 2.24) is 10.2 Å². The first-order valence-electron chi connectivity index (χ1n) is 8.19. The summed E-state index contributed by atoms with van der Waals surface area (Å²) in [5.41, 5.74) is 2.04. The number of rotatable bonds is 4. The standard InChI is InChI=1S/C19H14N4O3S/c1-11-21-22-19(27-11)20-16(24)10-12-6-8-13(9-7-12)23-17(25)14-4-2-3-5-15(14)18(23)26/h2-9H,10H2,1H3,(H,20,22,24). The molecule has 1 aliphatic heterocycles. The van der Waals surface area contributed by atoms with Gasteiger partial charge in [-0.3, -0.25) is 14.4 Å². The van der Waals surface area contributed by atoms with E-state index in [0.717, 1.165) is 15.5 Å². The van der Waals surface area contributed by atoms with Gasteiger partial charge in [0.1, 0.15) is 5.01 Å². The smallest absolute Gasteiger partial charge is 0.266 e. The molecule has 134 valence electrons. The number of aromatic nitrogens is 2. The maximum atomic E-state index is 12.5. The molecule has 0 atom stereocenters. The third kappa shape index (κ3) is 3.22. The number of hydrogen-bond acceptors (Lipinski definition) is 6. The van der Waals surface area contributed by atoms with Gasteiger partial charge in [0.15, 0.2) is 0 Å². The van der Waals surface area contributed by atoms with Crippen LogP contribution < -0.4 is 10.2 Å². The van der Waals surface area contributed by atoms with Crippen molar-refractivity contribution in [3.63, 3.8) is 0 Å². The molecule has 2 aromatic carbocycles. The molecule has 0 saturated carbocycles. The molecule has 0 fully saturated rings. The summed E-state index contributed by atoms with van der Waals surface area (Å²) in [7, 11) is 0. The molecule has 0 bridgehead atoms. The Hall–Kier alpha value is -3.39. The second kappa shape index (κ2) is 6.73. The van der Waals surface area contributed by atoms with Crippen molar-refractivity contribution in [3.05, 3.63) is 70.2 Å². The SMILES string of the molecule is Cc1nnc(NC(=O)Cc2ccc(N3C(=O)c4ccccc4C3=O)cc2)s1. The zero-order valence-electron chi connectivity index (χ0n) is 14.3. The molecule has 0 radical (unpaired) electrons. The topological polar surface area (TPSA) is 92.3 Å². The van der Waals surface area contributed by atoms with Gasteiger partial charge >= 0.3 is 0 Å². The lowest BCUT2D eigenvalue weighted by atomic mass is 10.1. The number of fused-ring (bicyclic) bond motifs is 1. The van der Waals surface area contributed by atoms with Gasteiger partial charge in [-0.1, -0.05) is 35.6 Å². The predicted molar refractivity (Wildman–Crippen MR) is 101 cm³/mol. The highest BCUT2D eigenvalue weighted by atomic mass is 32.1. The number of anilines is 2. The minimum absolute atomic E-state index is 0.154. The normalized spacial score (nSPS) is 13.0. The van der Waals surface area contributed by atoms with Crippen LogP contribution in [0, 0.1) is 6.92 Å². The fourth-order valence-corrected chi connectivity index (χ4v) is 3.49. The molecule has 3 aromatic rings. The lowest BCUT2D eigenvalue weighted by Crippen LogP contribution is -2.29. The molecule has 4 rings (SSSR count). The lowest BCUT2D eigenvalue weighted by molar-refractivity contribution is -0.115. The van der Waals surface area contributed by atoms with Gasteiger partial charge in [-0.2, -0.15) is 0 Å².